The van der Waals surface area contributed by atoms with Gasteiger partial charge in [-0.1, -0.05) is 6.08 Å². The Bertz CT molecular complexity index is 1120. The summed E-state index contributed by atoms with van der Waals surface area (Å²) in [6.45, 7) is -1.42. The number of rotatable bonds is 6. The highest BCUT2D eigenvalue weighted by molar-refractivity contribution is 7.90. The van der Waals surface area contributed by atoms with Crippen LogP contribution in [0.5, 0.6) is 0 Å². The summed E-state index contributed by atoms with van der Waals surface area (Å²) in [7, 11) is -2.15. The van der Waals surface area contributed by atoms with Crippen LogP contribution in [0.3, 0.4) is 0 Å². The van der Waals surface area contributed by atoms with Crippen LogP contribution in [-0.2, 0) is 9.84 Å². The summed E-state index contributed by atoms with van der Waals surface area (Å²) in [5, 5.41) is 4.75. The number of aliphatic imine (C=N–C) groups is 1. The second kappa shape index (κ2) is 9.37. The number of nitrogens with two attached hydrogens (primary N) is 1. The van der Waals surface area contributed by atoms with Crippen molar-refractivity contribution in [1.82, 2.24) is 20.2 Å². The van der Waals surface area contributed by atoms with Crippen molar-refractivity contribution < 1.29 is 26.4 Å². The van der Waals surface area contributed by atoms with Gasteiger partial charge in [0.15, 0.2) is 9.84 Å². The average molecular weight is 488 g/mol. The molecule has 2 aliphatic heterocycles. The number of nitrogens with zero attached hydrogens (tertiary/aromatic N) is 4. The van der Waals surface area contributed by atoms with Gasteiger partial charge in [0.25, 0.3) is 0 Å². The zero-order valence-corrected chi connectivity index (χ0v) is 18.7. The number of urea groups is 1. The number of fused-ring (bicyclic) bond motifs is 2. The van der Waals surface area contributed by atoms with Gasteiger partial charge in [0.05, 0.1) is 23.6 Å². The molecule has 3 heterocycles. The van der Waals surface area contributed by atoms with E-state index >= 15 is 0 Å². The minimum absolute atomic E-state index is 0.0869. The predicted molar refractivity (Wildman–Crippen MR) is 116 cm³/mol. The van der Waals surface area contributed by atoms with Gasteiger partial charge in [-0.15, -0.1) is 0 Å². The van der Waals surface area contributed by atoms with Gasteiger partial charge in [-0.3, -0.25) is 4.99 Å². The lowest BCUT2D eigenvalue weighted by Crippen LogP contribution is -2.50. The van der Waals surface area contributed by atoms with E-state index in [4.69, 9.17) is 5.73 Å². The van der Waals surface area contributed by atoms with E-state index in [1.54, 1.807) is 13.1 Å². The molecular weight excluding hydrogens is 463 g/mol. The van der Waals surface area contributed by atoms with Crippen molar-refractivity contribution in [1.29, 1.82) is 0 Å². The third kappa shape index (κ3) is 5.80. The number of carbonyl (C=O) groups is 1. The maximum Gasteiger partial charge on any atom is 0.405 e. The summed E-state index contributed by atoms with van der Waals surface area (Å²) in [6, 6.07) is -1.66. The lowest BCUT2D eigenvalue weighted by atomic mass is 9.98. The van der Waals surface area contributed by atoms with Crippen LogP contribution < -0.4 is 16.4 Å². The van der Waals surface area contributed by atoms with Crippen molar-refractivity contribution in [3.05, 3.63) is 29.9 Å². The van der Waals surface area contributed by atoms with Gasteiger partial charge in [0.2, 0.25) is 5.95 Å². The Morgan fingerprint density at radius 2 is 2.12 bits per heavy atom. The number of aromatic nitrogens is 2. The molecular formula is C19H24F3N7O3S. The molecule has 0 aliphatic carbocycles. The second-order valence-corrected chi connectivity index (χ2v) is 9.67. The number of hydrogen-bond donors (Lipinski definition) is 3. The number of halogens is 3. The lowest BCUT2D eigenvalue weighted by Gasteiger charge is -2.34. The van der Waals surface area contributed by atoms with Crippen molar-refractivity contribution in [2.45, 2.75) is 42.4 Å². The first-order chi connectivity index (χ1) is 15.4. The van der Waals surface area contributed by atoms with E-state index < -0.39 is 34.6 Å². The van der Waals surface area contributed by atoms with Crippen LogP contribution in [0.15, 0.2) is 34.1 Å². The molecule has 0 saturated carbocycles. The van der Waals surface area contributed by atoms with Crippen molar-refractivity contribution in [2.75, 3.05) is 25.2 Å². The van der Waals surface area contributed by atoms with Crippen molar-refractivity contribution in [3.8, 4) is 0 Å². The van der Waals surface area contributed by atoms with Gasteiger partial charge in [0.1, 0.15) is 11.4 Å². The largest absolute Gasteiger partial charge is 0.405 e. The Labute approximate surface area is 188 Å². The van der Waals surface area contributed by atoms with E-state index in [1.165, 1.54) is 23.5 Å². The van der Waals surface area contributed by atoms with Gasteiger partial charge in [0, 0.05) is 31.8 Å². The van der Waals surface area contributed by atoms with Crippen molar-refractivity contribution in [3.63, 3.8) is 0 Å². The Hall–Kier alpha value is -3.16. The summed E-state index contributed by atoms with van der Waals surface area (Å²) in [6.07, 6.45) is 3.43. The van der Waals surface area contributed by atoms with E-state index in [0.717, 1.165) is 6.26 Å². The zero-order valence-electron chi connectivity index (χ0n) is 17.9. The van der Waals surface area contributed by atoms with Gasteiger partial charge >= 0.3 is 12.2 Å². The molecule has 2 unspecified atom stereocenters. The first-order valence-corrected chi connectivity index (χ1v) is 11.8. The number of alkyl halides is 3. The maximum atomic E-state index is 12.5. The first kappa shape index (κ1) is 24.5. The molecule has 3 rings (SSSR count). The van der Waals surface area contributed by atoms with E-state index in [9.17, 15) is 26.4 Å². The molecule has 2 bridgehead atoms. The molecule has 0 radical (unpaired) electrons. The average Bonchev–Trinajstić information content (AvgIpc) is 2.99. The molecule has 4 N–H and O–H groups in total. The zero-order chi connectivity index (χ0) is 24.4. The van der Waals surface area contributed by atoms with E-state index in [-0.39, 0.29) is 29.0 Å². The topological polar surface area (TPSA) is 143 Å². The highest BCUT2D eigenvalue weighted by Gasteiger charge is 2.41. The number of hydrogen-bond acceptors (Lipinski definition) is 8. The second-order valence-electron chi connectivity index (χ2n) is 7.69. The standard InChI is InChI=1S/C19H24F3N7O3S/c1-24-8-12(7-23)27-17-25-9-15(33(2,31)32)16(28-17)11-5-13-3-4-14(6-11)29(13)18(30)26-10-19(20,21)22/h5,7-9,13-14H,3-4,6,10,23H2,1-2H3,(H,26,30)(H,25,27,28). The molecule has 10 nitrogen and oxygen atoms in total. The Morgan fingerprint density at radius 1 is 1.39 bits per heavy atom. The molecule has 2 atom stereocenters. The summed E-state index contributed by atoms with van der Waals surface area (Å²) >= 11 is 0. The smallest absolute Gasteiger partial charge is 0.403 e. The summed E-state index contributed by atoms with van der Waals surface area (Å²) in [4.78, 5) is 25.9. The highest BCUT2D eigenvalue weighted by Crippen LogP contribution is 2.39. The Morgan fingerprint density at radius 3 is 2.70 bits per heavy atom. The molecule has 2 aliphatic rings. The van der Waals surface area contributed by atoms with Gasteiger partial charge in [-0.05, 0) is 24.8 Å². The summed E-state index contributed by atoms with van der Waals surface area (Å²) in [5.74, 6) is 0.0904. The fourth-order valence-electron chi connectivity index (χ4n) is 3.91. The minimum Gasteiger partial charge on any atom is -0.403 e. The van der Waals surface area contributed by atoms with Crippen LogP contribution in [0, 0.1) is 0 Å². The van der Waals surface area contributed by atoms with Crippen LogP contribution in [0.2, 0.25) is 0 Å². The van der Waals surface area contributed by atoms with Crippen molar-refractivity contribution >= 4 is 33.6 Å². The fraction of sp³-hybridized carbons (Fsp3) is 0.474. The van der Waals surface area contributed by atoms with E-state index in [1.807, 2.05) is 5.32 Å². The summed E-state index contributed by atoms with van der Waals surface area (Å²) in [5.41, 5.74) is 6.68. The van der Waals surface area contributed by atoms with Crippen LogP contribution in [0.4, 0.5) is 23.9 Å². The van der Waals surface area contributed by atoms with Crippen LogP contribution >= 0.6 is 0 Å². The molecule has 14 heteroatoms. The normalized spacial score (nSPS) is 21.3. The third-order valence-corrected chi connectivity index (χ3v) is 6.33. The SMILES string of the molecule is CN=CC(=CN)Nc1ncc(S(C)(=O)=O)c(C2=CC3CCC(C2)N3C(=O)NCC(F)(F)F)n1. The lowest BCUT2D eigenvalue weighted by molar-refractivity contribution is -0.123. The van der Waals surface area contributed by atoms with E-state index in [2.05, 4.69) is 20.3 Å². The van der Waals surface area contributed by atoms with Gasteiger partial charge < -0.3 is 21.3 Å². The predicted octanol–water partition coefficient (Wildman–Crippen LogP) is 1.68. The summed E-state index contributed by atoms with van der Waals surface area (Å²) < 4.78 is 62.2. The quantitative estimate of drug-likeness (QED) is 0.518. The van der Waals surface area contributed by atoms with Gasteiger partial charge in [-0.2, -0.15) is 13.2 Å². The number of carbonyl (C=O) groups excluding carboxylic acids is 1. The van der Waals surface area contributed by atoms with Crippen LogP contribution in [0.25, 0.3) is 5.57 Å². The van der Waals surface area contributed by atoms with Crippen LogP contribution in [-0.4, -0.2) is 73.6 Å². The third-order valence-electron chi connectivity index (χ3n) is 5.23. The van der Waals surface area contributed by atoms with Gasteiger partial charge in [-0.25, -0.2) is 23.2 Å². The van der Waals surface area contributed by atoms with Crippen LogP contribution in [0.1, 0.15) is 25.0 Å². The molecule has 0 spiro atoms. The molecule has 180 valence electrons. The van der Waals surface area contributed by atoms with E-state index in [0.29, 0.717) is 24.1 Å². The van der Waals surface area contributed by atoms with Crippen molar-refractivity contribution in [2.24, 2.45) is 10.7 Å². The molecule has 2 amide bonds. The molecule has 33 heavy (non-hydrogen) atoms. The number of anilines is 1. The molecule has 0 aromatic carbocycles. The Kier molecular flexibility index (Phi) is 6.95. The molecule has 1 fully saturated rings. The molecule has 1 aromatic heterocycles. The number of sulfone groups is 1. The minimum atomic E-state index is -4.51. The first-order valence-electron chi connectivity index (χ1n) is 9.95. The monoisotopic (exact) mass is 487 g/mol. The molecule has 1 saturated heterocycles. The number of allylic oxidation sites excluding steroid dienone is 1. The molecule has 1 aromatic rings. The number of nitrogens with one attached hydrogen (secondary N) is 2. The highest BCUT2D eigenvalue weighted by atomic mass is 32.2. The maximum absolute atomic E-state index is 12.5. The number of amides is 2. The Balaban J connectivity index is 1.93. The fourth-order valence-corrected chi connectivity index (χ4v) is 4.68.